The molecule has 0 spiro atoms. The van der Waals surface area contributed by atoms with E-state index in [9.17, 15) is 18.9 Å². The predicted molar refractivity (Wildman–Crippen MR) is 68.9 cm³/mol. The Kier molecular flexibility index (Phi) is 32.6. The predicted octanol–water partition coefficient (Wildman–Crippen LogP) is 2.39. The molecule has 0 aromatic heterocycles. The number of rotatable bonds is 8. The van der Waals surface area contributed by atoms with Crippen LogP contribution in [0.15, 0.2) is 0 Å². The van der Waals surface area contributed by atoms with Crippen molar-refractivity contribution >= 4 is 16.5 Å². The summed E-state index contributed by atoms with van der Waals surface area (Å²) >= 11 is 0. The van der Waals surface area contributed by atoms with Gasteiger partial charge in [0.2, 0.25) is 0 Å². The van der Waals surface area contributed by atoms with Gasteiger partial charge >= 0.3 is 16.5 Å². The summed E-state index contributed by atoms with van der Waals surface area (Å²) in [7, 11) is -5.22. The lowest BCUT2D eigenvalue weighted by Gasteiger charge is -1.87. The molecule has 0 aromatic rings. The van der Waals surface area contributed by atoms with Gasteiger partial charge in [0, 0.05) is 0 Å². The Balaban J connectivity index is -0.0000000980. The van der Waals surface area contributed by atoms with Crippen molar-refractivity contribution in [3.8, 4) is 0 Å². The molecule has 8 N–H and O–H groups in total. The molecular formula is C8H26N2O6P2+2. The zero-order valence-corrected chi connectivity index (χ0v) is 13.4. The maximum atomic E-state index is 9.69. The van der Waals surface area contributed by atoms with Crippen LogP contribution in [0.3, 0.4) is 0 Å². The van der Waals surface area contributed by atoms with Crippen LogP contribution in [0.25, 0.3) is 0 Å². The molecule has 0 radical (unpaired) electrons. The SMILES string of the molecule is CCCCO[P+](=O)[O-].CCCCO[P+](=O)[O-].[NH4+].[NH4+]. The number of unbranched alkanes of at least 4 members (excludes halogenated alkanes) is 2. The Labute approximate surface area is 110 Å². The highest BCUT2D eigenvalue weighted by Crippen LogP contribution is 2.09. The van der Waals surface area contributed by atoms with Gasteiger partial charge < -0.3 is 22.1 Å². The minimum atomic E-state index is -2.61. The normalized spacial score (nSPS) is 10.2. The van der Waals surface area contributed by atoms with Crippen LogP contribution in [0.2, 0.25) is 0 Å². The third-order valence-electron chi connectivity index (χ3n) is 1.39. The Hall–Kier alpha value is -0.0400. The van der Waals surface area contributed by atoms with Gasteiger partial charge in [-0.05, 0) is 22.0 Å². The lowest BCUT2D eigenvalue weighted by atomic mass is 10.4. The molecule has 0 aromatic carbocycles. The van der Waals surface area contributed by atoms with Gasteiger partial charge in [0.15, 0.2) is 0 Å². The first-order valence-electron chi connectivity index (χ1n) is 5.09. The molecule has 18 heavy (non-hydrogen) atoms. The van der Waals surface area contributed by atoms with Crippen molar-refractivity contribution in [1.82, 2.24) is 12.3 Å². The van der Waals surface area contributed by atoms with Crippen molar-refractivity contribution in [2.24, 2.45) is 0 Å². The lowest BCUT2D eigenvalue weighted by Crippen LogP contribution is -1.92. The quantitative estimate of drug-likeness (QED) is 0.514. The van der Waals surface area contributed by atoms with Gasteiger partial charge in [0.05, 0.1) is 0 Å². The van der Waals surface area contributed by atoms with E-state index in [-0.39, 0.29) is 12.3 Å². The van der Waals surface area contributed by atoms with E-state index in [1.54, 1.807) is 0 Å². The fourth-order valence-electron chi connectivity index (χ4n) is 0.567. The summed E-state index contributed by atoms with van der Waals surface area (Å²) in [5, 5.41) is 0. The molecule has 0 heterocycles. The van der Waals surface area contributed by atoms with E-state index in [0.717, 1.165) is 25.7 Å². The topological polar surface area (TPSA) is 172 Å². The molecule has 0 aliphatic carbocycles. The molecule has 0 fully saturated rings. The van der Waals surface area contributed by atoms with E-state index in [2.05, 4.69) is 9.05 Å². The smallest absolute Gasteiger partial charge is 0.488 e. The van der Waals surface area contributed by atoms with Crippen molar-refractivity contribution in [1.29, 1.82) is 0 Å². The third-order valence-corrected chi connectivity index (χ3v) is 2.18. The van der Waals surface area contributed by atoms with Gasteiger partial charge in [-0.2, -0.15) is 0 Å². The Morgan fingerprint density at radius 2 is 1.11 bits per heavy atom. The first-order valence-corrected chi connectivity index (χ1v) is 7.28. The fraction of sp³-hybridized carbons (Fsp3) is 1.00. The minimum Gasteiger partial charge on any atom is -0.566 e. The molecule has 0 saturated carbocycles. The second-order valence-electron chi connectivity index (χ2n) is 2.82. The van der Waals surface area contributed by atoms with E-state index < -0.39 is 16.5 Å². The van der Waals surface area contributed by atoms with E-state index in [0.29, 0.717) is 13.2 Å². The van der Waals surface area contributed by atoms with Crippen LogP contribution in [-0.4, -0.2) is 13.2 Å². The molecule has 0 amide bonds. The van der Waals surface area contributed by atoms with Crippen molar-refractivity contribution in [3.63, 3.8) is 0 Å². The molecular weight excluding hydrogens is 282 g/mol. The minimum absolute atomic E-state index is 0. The highest BCUT2D eigenvalue weighted by Gasteiger charge is 1.97. The van der Waals surface area contributed by atoms with E-state index in [1.807, 2.05) is 13.8 Å². The Morgan fingerprint density at radius 1 is 0.833 bits per heavy atom. The van der Waals surface area contributed by atoms with Gasteiger partial charge in [-0.1, -0.05) is 26.7 Å². The molecule has 8 nitrogen and oxygen atoms in total. The number of hydrogen-bond donors (Lipinski definition) is 2. The molecule has 0 rings (SSSR count). The summed E-state index contributed by atoms with van der Waals surface area (Å²) in [4.78, 5) is 19.4. The molecule has 112 valence electrons. The van der Waals surface area contributed by atoms with Crippen LogP contribution in [0.4, 0.5) is 0 Å². The second-order valence-corrected chi connectivity index (χ2v) is 4.23. The van der Waals surface area contributed by atoms with E-state index in [4.69, 9.17) is 0 Å². The lowest BCUT2D eigenvalue weighted by molar-refractivity contribution is -0.186. The average Bonchev–Trinajstić information content (AvgIpc) is 2.18. The molecule has 0 aliphatic heterocycles. The van der Waals surface area contributed by atoms with Crippen LogP contribution >= 0.6 is 16.5 Å². The van der Waals surface area contributed by atoms with E-state index >= 15 is 0 Å². The van der Waals surface area contributed by atoms with Gasteiger partial charge in [-0.25, -0.2) is 0 Å². The van der Waals surface area contributed by atoms with Crippen molar-refractivity contribution in [2.45, 2.75) is 39.5 Å². The monoisotopic (exact) mass is 308 g/mol. The van der Waals surface area contributed by atoms with Gasteiger partial charge in [-0.15, -0.1) is 9.05 Å². The first kappa shape index (κ1) is 26.5. The summed E-state index contributed by atoms with van der Waals surface area (Å²) in [6, 6.07) is 0. The van der Waals surface area contributed by atoms with Crippen molar-refractivity contribution in [2.75, 3.05) is 13.2 Å². The first-order chi connectivity index (χ1) is 7.54. The largest absolute Gasteiger partial charge is 0.566 e. The second kappa shape index (κ2) is 22.2. The molecule has 2 atom stereocenters. The molecule has 2 unspecified atom stereocenters. The van der Waals surface area contributed by atoms with E-state index in [1.165, 1.54) is 0 Å². The summed E-state index contributed by atoms with van der Waals surface area (Å²) in [5.74, 6) is 0. The molecule has 0 bridgehead atoms. The molecule has 0 aliphatic rings. The molecule has 10 heteroatoms. The fourth-order valence-corrected chi connectivity index (χ4v) is 1.12. The number of hydrogen-bond acceptors (Lipinski definition) is 6. The zero-order chi connectivity index (χ0) is 12.8. The zero-order valence-electron chi connectivity index (χ0n) is 11.6. The highest BCUT2D eigenvalue weighted by atomic mass is 31.1. The van der Waals surface area contributed by atoms with Gasteiger partial charge in [-0.3, -0.25) is 0 Å². The average molecular weight is 308 g/mol. The maximum absolute atomic E-state index is 9.69. The Bertz CT molecular complexity index is 176. The van der Waals surface area contributed by atoms with Crippen molar-refractivity contribution < 1.29 is 28.0 Å². The van der Waals surface area contributed by atoms with Gasteiger partial charge in [0.1, 0.15) is 13.2 Å². The summed E-state index contributed by atoms with van der Waals surface area (Å²) in [6.45, 7) is 4.60. The summed E-state index contributed by atoms with van der Waals surface area (Å²) < 4.78 is 27.8. The van der Waals surface area contributed by atoms with Gasteiger partial charge in [0.25, 0.3) is 0 Å². The van der Waals surface area contributed by atoms with Crippen LogP contribution in [-0.2, 0) is 18.2 Å². The number of quaternary nitrogens is 2. The maximum Gasteiger partial charge on any atom is 0.488 e. The summed E-state index contributed by atoms with van der Waals surface area (Å²) in [5.41, 5.74) is 0. The third kappa shape index (κ3) is 36.0. The molecule has 0 saturated heterocycles. The van der Waals surface area contributed by atoms with Crippen LogP contribution < -0.4 is 22.1 Å². The Morgan fingerprint density at radius 3 is 1.28 bits per heavy atom. The highest BCUT2D eigenvalue weighted by molar-refractivity contribution is 7.30. The van der Waals surface area contributed by atoms with Crippen LogP contribution in [0.5, 0.6) is 0 Å². The summed E-state index contributed by atoms with van der Waals surface area (Å²) in [6.07, 6.45) is 3.54. The van der Waals surface area contributed by atoms with Crippen LogP contribution in [0.1, 0.15) is 39.5 Å². The van der Waals surface area contributed by atoms with Crippen LogP contribution in [0, 0.1) is 0 Å². The standard InChI is InChI=1S/2C4H9O3P.2H3N/c2*1-2-3-4-7-8(5)6;;/h2*2-4H2,1H3;2*1H3/p+2. The van der Waals surface area contributed by atoms with Crippen molar-refractivity contribution in [3.05, 3.63) is 0 Å².